The van der Waals surface area contributed by atoms with Gasteiger partial charge in [-0.1, -0.05) is 26.0 Å². The first kappa shape index (κ1) is 15.5. The highest BCUT2D eigenvalue weighted by molar-refractivity contribution is 5.78. The molecule has 1 rings (SSSR count). The van der Waals surface area contributed by atoms with E-state index < -0.39 is 0 Å². The lowest BCUT2D eigenvalue weighted by atomic mass is 10.1. The predicted molar refractivity (Wildman–Crippen MR) is 78.4 cm³/mol. The van der Waals surface area contributed by atoms with Crippen LogP contribution < -0.4 is 10.1 Å². The lowest BCUT2D eigenvalue weighted by Gasteiger charge is -2.10. The first-order valence-corrected chi connectivity index (χ1v) is 6.99. The summed E-state index contributed by atoms with van der Waals surface area (Å²) in [5.74, 6) is 1.55. The van der Waals surface area contributed by atoms with E-state index in [0.29, 0.717) is 12.3 Å². The van der Waals surface area contributed by atoms with Crippen LogP contribution >= 0.6 is 0 Å². The summed E-state index contributed by atoms with van der Waals surface area (Å²) >= 11 is 0. The summed E-state index contributed by atoms with van der Waals surface area (Å²) in [6.45, 7) is 9.05. The van der Waals surface area contributed by atoms with Crippen molar-refractivity contribution in [3.8, 4) is 5.75 Å². The number of rotatable bonds is 7. The number of carbonyl (C=O) groups excluding carboxylic acids is 1. The van der Waals surface area contributed by atoms with E-state index in [4.69, 9.17) is 4.74 Å². The molecule has 3 heteroatoms. The van der Waals surface area contributed by atoms with Crippen molar-refractivity contribution in [2.75, 3.05) is 6.54 Å². The third-order valence-corrected chi connectivity index (χ3v) is 2.70. The van der Waals surface area contributed by atoms with Crippen LogP contribution in [0.1, 0.15) is 39.7 Å². The van der Waals surface area contributed by atoms with E-state index in [2.05, 4.69) is 19.2 Å². The molecule has 1 aromatic carbocycles. The van der Waals surface area contributed by atoms with Crippen molar-refractivity contribution in [3.05, 3.63) is 29.8 Å². The predicted octanol–water partition coefficient (Wildman–Crippen LogP) is 3.18. The van der Waals surface area contributed by atoms with Crippen molar-refractivity contribution in [2.45, 2.75) is 46.6 Å². The zero-order chi connectivity index (χ0) is 14.3. The van der Waals surface area contributed by atoms with Gasteiger partial charge in [0.05, 0.1) is 12.5 Å². The third-order valence-electron chi connectivity index (χ3n) is 2.70. The number of nitrogens with one attached hydrogen (secondary N) is 1. The standard InChI is InChI=1S/C16H25NO2/c1-12(2)9-10-17-16(18)11-14-5-7-15(8-6-14)19-13(3)4/h5-8,12-13H,9-11H2,1-4H3,(H,17,18). The maximum atomic E-state index is 11.7. The first-order valence-electron chi connectivity index (χ1n) is 6.99. The molecule has 0 fully saturated rings. The zero-order valence-electron chi connectivity index (χ0n) is 12.4. The van der Waals surface area contributed by atoms with E-state index in [-0.39, 0.29) is 12.0 Å². The maximum absolute atomic E-state index is 11.7. The Bertz CT molecular complexity index is 382. The zero-order valence-corrected chi connectivity index (χ0v) is 12.4. The minimum atomic E-state index is 0.0816. The average molecular weight is 263 g/mol. The van der Waals surface area contributed by atoms with Gasteiger partial charge in [0.1, 0.15) is 5.75 Å². The summed E-state index contributed by atoms with van der Waals surface area (Å²) in [5, 5.41) is 2.94. The Morgan fingerprint density at radius 2 is 1.79 bits per heavy atom. The van der Waals surface area contributed by atoms with E-state index in [1.165, 1.54) is 0 Å². The molecule has 0 unspecified atom stereocenters. The number of carbonyl (C=O) groups is 1. The Hall–Kier alpha value is -1.51. The fourth-order valence-electron chi connectivity index (χ4n) is 1.71. The van der Waals surface area contributed by atoms with Gasteiger partial charge >= 0.3 is 0 Å². The second-order valence-corrected chi connectivity index (χ2v) is 5.52. The van der Waals surface area contributed by atoms with Crippen molar-refractivity contribution < 1.29 is 9.53 Å². The minimum Gasteiger partial charge on any atom is -0.491 e. The lowest BCUT2D eigenvalue weighted by molar-refractivity contribution is -0.120. The number of ether oxygens (including phenoxy) is 1. The SMILES string of the molecule is CC(C)CCNC(=O)Cc1ccc(OC(C)C)cc1. The van der Waals surface area contributed by atoms with Gasteiger partial charge in [0.15, 0.2) is 0 Å². The second kappa shape index (κ2) is 7.82. The number of hydrogen-bond donors (Lipinski definition) is 1. The van der Waals surface area contributed by atoms with Crippen LogP contribution in [-0.4, -0.2) is 18.6 Å². The Morgan fingerprint density at radius 3 is 2.32 bits per heavy atom. The molecule has 0 aromatic heterocycles. The molecule has 0 aliphatic carbocycles. The number of benzene rings is 1. The minimum absolute atomic E-state index is 0.0816. The van der Waals surface area contributed by atoms with E-state index in [0.717, 1.165) is 24.3 Å². The molecule has 0 aliphatic heterocycles. The molecular weight excluding hydrogens is 238 g/mol. The Morgan fingerprint density at radius 1 is 1.16 bits per heavy atom. The molecule has 1 amide bonds. The molecule has 0 aliphatic rings. The molecule has 0 saturated carbocycles. The van der Waals surface area contributed by atoms with Crippen LogP contribution in [0.25, 0.3) is 0 Å². The Balaban J connectivity index is 2.38. The summed E-state index contributed by atoms with van der Waals surface area (Å²) in [6.07, 6.45) is 1.62. The average Bonchev–Trinajstić information content (AvgIpc) is 2.30. The van der Waals surface area contributed by atoms with Crippen LogP contribution in [0.15, 0.2) is 24.3 Å². The molecule has 0 saturated heterocycles. The van der Waals surface area contributed by atoms with Gasteiger partial charge in [-0.3, -0.25) is 4.79 Å². The fraction of sp³-hybridized carbons (Fsp3) is 0.562. The number of amides is 1. The fourth-order valence-corrected chi connectivity index (χ4v) is 1.71. The van der Waals surface area contributed by atoms with Gasteiger partial charge in [0.25, 0.3) is 0 Å². The summed E-state index contributed by atoms with van der Waals surface area (Å²) in [4.78, 5) is 11.7. The van der Waals surface area contributed by atoms with E-state index in [9.17, 15) is 4.79 Å². The summed E-state index contributed by atoms with van der Waals surface area (Å²) in [5.41, 5.74) is 1.01. The van der Waals surface area contributed by atoms with Crippen LogP contribution in [0.2, 0.25) is 0 Å². The van der Waals surface area contributed by atoms with Gasteiger partial charge in [-0.15, -0.1) is 0 Å². The van der Waals surface area contributed by atoms with Gasteiger partial charge in [-0.05, 0) is 43.9 Å². The van der Waals surface area contributed by atoms with Crippen LogP contribution in [0.5, 0.6) is 5.75 Å². The normalized spacial score (nSPS) is 10.8. The van der Waals surface area contributed by atoms with Crippen molar-refractivity contribution in [1.82, 2.24) is 5.32 Å². The molecule has 0 bridgehead atoms. The molecule has 0 atom stereocenters. The Labute approximate surface area is 116 Å². The van der Waals surface area contributed by atoms with Crippen molar-refractivity contribution in [3.63, 3.8) is 0 Å². The smallest absolute Gasteiger partial charge is 0.224 e. The molecule has 0 heterocycles. The monoisotopic (exact) mass is 263 g/mol. The molecular formula is C16H25NO2. The van der Waals surface area contributed by atoms with Crippen LogP contribution in [0.3, 0.4) is 0 Å². The molecule has 106 valence electrons. The highest BCUT2D eigenvalue weighted by Crippen LogP contribution is 2.14. The van der Waals surface area contributed by atoms with E-state index >= 15 is 0 Å². The third kappa shape index (κ3) is 6.85. The van der Waals surface area contributed by atoms with Crippen molar-refractivity contribution >= 4 is 5.91 Å². The largest absolute Gasteiger partial charge is 0.491 e. The molecule has 19 heavy (non-hydrogen) atoms. The molecule has 1 aromatic rings. The van der Waals surface area contributed by atoms with Gasteiger partial charge in [0.2, 0.25) is 5.91 Å². The van der Waals surface area contributed by atoms with Crippen LogP contribution in [0.4, 0.5) is 0 Å². The molecule has 1 N–H and O–H groups in total. The van der Waals surface area contributed by atoms with Gasteiger partial charge in [0, 0.05) is 6.54 Å². The molecule has 0 spiro atoms. The van der Waals surface area contributed by atoms with Gasteiger partial charge in [-0.25, -0.2) is 0 Å². The maximum Gasteiger partial charge on any atom is 0.224 e. The first-order chi connectivity index (χ1) is 8.97. The Kier molecular flexibility index (Phi) is 6.40. The highest BCUT2D eigenvalue weighted by atomic mass is 16.5. The summed E-state index contributed by atoms with van der Waals surface area (Å²) in [7, 11) is 0. The van der Waals surface area contributed by atoms with E-state index in [1.54, 1.807) is 0 Å². The van der Waals surface area contributed by atoms with Crippen LogP contribution in [0, 0.1) is 5.92 Å². The lowest BCUT2D eigenvalue weighted by Crippen LogP contribution is -2.26. The number of hydrogen-bond acceptors (Lipinski definition) is 2. The molecule has 3 nitrogen and oxygen atoms in total. The summed E-state index contributed by atoms with van der Waals surface area (Å²) < 4.78 is 5.56. The quantitative estimate of drug-likeness (QED) is 0.820. The van der Waals surface area contributed by atoms with Crippen molar-refractivity contribution in [2.24, 2.45) is 5.92 Å². The second-order valence-electron chi connectivity index (χ2n) is 5.52. The summed E-state index contributed by atoms with van der Waals surface area (Å²) in [6, 6.07) is 7.72. The molecule has 0 radical (unpaired) electrons. The van der Waals surface area contributed by atoms with Gasteiger partial charge < -0.3 is 10.1 Å². The van der Waals surface area contributed by atoms with Crippen LogP contribution in [-0.2, 0) is 11.2 Å². The van der Waals surface area contributed by atoms with Gasteiger partial charge in [-0.2, -0.15) is 0 Å². The topological polar surface area (TPSA) is 38.3 Å². The van der Waals surface area contributed by atoms with E-state index in [1.807, 2.05) is 38.1 Å². The highest BCUT2D eigenvalue weighted by Gasteiger charge is 2.04. The van der Waals surface area contributed by atoms with Crippen molar-refractivity contribution in [1.29, 1.82) is 0 Å².